The molecule has 3 N–H and O–H groups in total. The SMILES string of the molecule is CCOC(=O)C1NN=C(N)S1. The van der Waals surface area contributed by atoms with Gasteiger partial charge in [-0.15, -0.1) is 0 Å². The second-order valence-electron chi connectivity index (χ2n) is 1.83. The van der Waals surface area contributed by atoms with Crippen molar-refractivity contribution in [1.82, 2.24) is 5.43 Å². The van der Waals surface area contributed by atoms with Crippen molar-refractivity contribution in [3.8, 4) is 0 Å². The smallest absolute Gasteiger partial charge is 0.341 e. The summed E-state index contributed by atoms with van der Waals surface area (Å²) in [5, 5.41) is 3.53. The number of esters is 1. The molecule has 0 aromatic heterocycles. The van der Waals surface area contributed by atoms with Gasteiger partial charge in [0.05, 0.1) is 6.61 Å². The molecule has 0 aliphatic carbocycles. The molecule has 0 bridgehead atoms. The lowest BCUT2D eigenvalue weighted by atomic mass is 10.6. The zero-order valence-electron chi connectivity index (χ0n) is 6.03. The Morgan fingerprint density at radius 1 is 2.00 bits per heavy atom. The molecule has 0 saturated carbocycles. The zero-order valence-corrected chi connectivity index (χ0v) is 6.85. The number of hydrogen-bond donors (Lipinski definition) is 2. The molecule has 1 rings (SSSR count). The summed E-state index contributed by atoms with van der Waals surface area (Å²) < 4.78 is 4.72. The molecule has 1 heterocycles. The Morgan fingerprint density at radius 3 is 3.18 bits per heavy atom. The van der Waals surface area contributed by atoms with Crippen LogP contribution in [0.3, 0.4) is 0 Å². The van der Waals surface area contributed by atoms with Crippen LogP contribution in [0.1, 0.15) is 6.92 Å². The van der Waals surface area contributed by atoms with E-state index in [4.69, 9.17) is 10.5 Å². The van der Waals surface area contributed by atoms with Gasteiger partial charge in [0.1, 0.15) is 0 Å². The average molecular weight is 175 g/mol. The van der Waals surface area contributed by atoms with Crippen molar-refractivity contribution >= 4 is 22.9 Å². The van der Waals surface area contributed by atoms with Gasteiger partial charge in [-0.25, -0.2) is 4.79 Å². The summed E-state index contributed by atoms with van der Waals surface area (Å²) in [5.74, 6) is -0.332. The first-order chi connectivity index (χ1) is 5.24. The molecule has 0 aromatic rings. The number of carbonyl (C=O) groups excluding carboxylic acids is 1. The lowest BCUT2D eigenvalue weighted by Gasteiger charge is -2.06. The maximum absolute atomic E-state index is 11.0. The van der Waals surface area contributed by atoms with E-state index in [0.717, 1.165) is 11.8 Å². The van der Waals surface area contributed by atoms with Gasteiger partial charge < -0.3 is 10.5 Å². The summed E-state index contributed by atoms with van der Waals surface area (Å²) in [4.78, 5) is 11.0. The maximum atomic E-state index is 11.0. The van der Waals surface area contributed by atoms with E-state index in [1.165, 1.54) is 0 Å². The van der Waals surface area contributed by atoms with E-state index < -0.39 is 5.37 Å². The third-order valence-electron chi connectivity index (χ3n) is 1.03. The van der Waals surface area contributed by atoms with E-state index in [-0.39, 0.29) is 5.97 Å². The van der Waals surface area contributed by atoms with Crippen molar-refractivity contribution in [2.75, 3.05) is 6.61 Å². The lowest BCUT2D eigenvalue weighted by molar-refractivity contribution is -0.142. The number of nitrogens with one attached hydrogen (secondary N) is 1. The summed E-state index contributed by atoms with van der Waals surface area (Å²) in [6, 6.07) is 0. The molecule has 1 atom stereocenters. The number of carbonyl (C=O) groups is 1. The van der Waals surface area contributed by atoms with Gasteiger partial charge in [-0.05, 0) is 18.7 Å². The monoisotopic (exact) mass is 175 g/mol. The molecule has 0 spiro atoms. The molecular weight excluding hydrogens is 166 g/mol. The number of rotatable bonds is 2. The lowest BCUT2D eigenvalue weighted by Crippen LogP contribution is -2.28. The van der Waals surface area contributed by atoms with Crippen LogP contribution in [0.15, 0.2) is 5.10 Å². The highest BCUT2D eigenvalue weighted by Crippen LogP contribution is 2.14. The van der Waals surface area contributed by atoms with Gasteiger partial charge >= 0.3 is 5.97 Å². The van der Waals surface area contributed by atoms with Crippen LogP contribution in [0.4, 0.5) is 0 Å². The molecule has 0 aromatic carbocycles. The normalized spacial score (nSPS) is 22.3. The molecule has 0 amide bonds. The second kappa shape index (κ2) is 3.47. The van der Waals surface area contributed by atoms with Gasteiger partial charge in [-0.3, -0.25) is 5.43 Å². The molecule has 0 radical (unpaired) electrons. The fraction of sp³-hybridized carbons (Fsp3) is 0.600. The molecule has 62 valence electrons. The minimum atomic E-state index is -0.463. The van der Waals surface area contributed by atoms with Crippen LogP contribution in [-0.4, -0.2) is 23.1 Å². The Kier molecular flexibility index (Phi) is 2.58. The molecule has 1 aliphatic rings. The number of nitrogens with two attached hydrogens (primary N) is 1. The van der Waals surface area contributed by atoms with Gasteiger partial charge in [0.15, 0.2) is 10.5 Å². The standard InChI is InChI=1S/C5H9N3O2S/c1-2-10-4(9)3-7-8-5(6)11-3/h3,7H,2H2,1H3,(H2,6,8). The molecule has 11 heavy (non-hydrogen) atoms. The van der Waals surface area contributed by atoms with E-state index in [9.17, 15) is 4.79 Å². The van der Waals surface area contributed by atoms with Gasteiger partial charge in [-0.2, -0.15) is 5.10 Å². The molecule has 1 aliphatic heterocycles. The van der Waals surface area contributed by atoms with Crippen molar-refractivity contribution < 1.29 is 9.53 Å². The van der Waals surface area contributed by atoms with E-state index in [1.54, 1.807) is 6.92 Å². The fourth-order valence-corrected chi connectivity index (χ4v) is 1.23. The highest BCUT2D eigenvalue weighted by molar-refractivity contribution is 8.15. The molecular formula is C5H9N3O2S. The van der Waals surface area contributed by atoms with Crippen molar-refractivity contribution in [2.24, 2.45) is 10.8 Å². The predicted octanol–water partition coefficient (Wildman–Crippen LogP) is -0.558. The Balaban J connectivity index is 2.34. The summed E-state index contributed by atoms with van der Waals surface area (Å²) in [6.45, 7) is 2.12. The van der Waals surface area contributed by atoms with Crippen LogP contribution in [0, 0.1) is 0 Å². The molecule has 0 saturated heterocycles. The Morgan fingerprint density at radius 2 is 2.73 bits per heavy atom. The van der Waals surface area contributed by atoms with Crippen LogP contribution >= 0.6 is 11.8 Å². The molecule has 1 unspecified atom stereocenters. The van der Waals surface area contributed by atoms with Crippen molar-refractivity contribution in [3.63, 3.8) is 0 Å². The van der Waals surface area contributed by atoms with Crippen molar-refractivity contribution in [3.05, 3.63) is 0 Å². The third kappa shape index (κ3) is 2.01. The van der Waals surface area contributed by atoms with Crippen LogP contribution in [0.2, 0.25) is 0 Å². The van der Waals surface area contributed by atoms with Crippen molar-refractivity contribution in [2.45, 2.75) is 12.3 Å². The van der Waals surface area contributed by atoms with E-state index >= 15 is 0 Å². The van der Waals surface area contributed by atoms with Crippen LogP contribution < -0.4 is 11.2 Å². The highest BCUT2D eigenvalue weighted by atomic mass is 32.2. The first-order valence-corrected chi connectivity index (χ1v) is 4.04. The van der Waals surface area contributed by atoms with E-state index in [2.05, 4.69) is 10.5 Å². The third-order valence-corrected chi connectivity index (χ3v) is 1.90. The number of hydrazone groups is 1. The van der Waals surface area contributed by atoms with Crippen molar-refractivity contribution in [1.29, 1.82) is 0 Å². The minimum absolute atomic E-state index is 0.332. The van der Waals surface area contributed by atoms with Gasteiger partial charge in [0.2, 0.25) is 0 Å². The van der Waals surface area contributed by atoms with Gasteiger partial charge in [0, 0.05) is 0 Å². The number of ether oxygens (including phenoxy) is 1. The first-order valence-electron chi connectivity index (χ1n) is 3.16. The average Bonchev–Trinajstić information content (AvgIpc) is 2.36. The van der Waals surface area contributed by atoms with E-state index in [0.29, 0.717) is 11.8 Å². The predicted molar refractivity (Wildman–Crippen MR) is 42.8 cm³/mol. The quantitative estimate of drug-likeness (QED) is 0.550. The highest BCUT2D eigenvalue weighted by Gasteiger charge is 2.25. The zero-order chi connectivity index (χ0) is 8.27. The Hall–Kier alpha value is -0.910. The minimum Gasteiger partial charge on any atom is -0.464 e. The topological polar surface area (TPSA) is 76.7 Å². The van der Waals surface area contributed by atoms with Crippen LogP contribution in [-0.2, 0) is 9.53 Å². The Bertz CT molecular complexity index is 194. The maximum Gasteiger partial charge on any atom is 0.341 e. The summed E-state index contributed by atoms with van der Waals surface area (Å²) >= 11 is 1.16. The molecule has 0 fully saturated rings. The number of amidine groups is 1. The summed E-state index contributed by atoms with van der Waals surface area (Å²) in [7, 11) is 0. The number of thioether (sulfide) groups is 1. The van der Waals surface area contributed by atoms with Crippen LogP contribution in [0.25, 0.3) is 0 Å². The first kappa shape index (κ1) is 8.19. The largest absolute Gasteiger partial charge is 0.464 e. The number of nitrogens with zero attached hydrogens (tertiary/aromatic N) is 1. The van der Waals surface area contributed by atoms with Gasteiger partial charge in [0.25, 0.3) is 0 Å². The molecule has 6 heteroatoms. The second-order valence-corrected chi connectivity index (χ2v) is 2.95. The summed E-state index contributed by atoms with van der Waals surface area (Å²) in [6.07, 6.45) is 0. The summed E-state index contributed by atoms with van der Waals surface area (Å²) in [5.41, 5.74) is 7.84. The van der Waals surface area contributed by atoms with Gasteiger partial charge in [-0.1, -0.05) is 0 Å². The van der Waals surface area contributed by atoms with Crippen LogP contribution in [0.5, 0.6) is 0 Å². The van der Waals surface area contributed by atoms with E-state index in [1.807, 2.05) is 0 Å². The Labute approximate surface area is 68.3 Å². The molecule has 5 nitrogen and oxygen atoms in total. The fourth-order valence-electron chi connectivity index (χ4n) is 0.614. The number of hydrogen-bond acceptors (Lipinski definition) is 6.